The quantitative estimate of drug-likeness (QED) is 0.689. The lowest BCUT2D eigenvalue weighted by Crippen LogP contribution is -2.47. The van der Waals surface area contributed by atoms with Gasteiger partial charge in [-0.2, -0.15) is 0 Å². The minimum atomic E-state index is -0.900. The molecule has 0 N–H and O–H groups in total. The summed E-state index contributed by atoms with van der Waals surface area (Å²) in [6.45, 7) is 7.78. The second-order valence-corrected chi connectivity index (χ2v) is 5.60. The van der Waals surface area contributed by atoms with E-state index in [4.69, 9.17) is 4.74 Å². The smallest absolute Gasteiger partial charge is 0.259 e. The molecule has 0 aliphatic heterocycles. The third-order valence-corrected chi connectivity index (χ3v) is 3.99. The Balaban J connectivity index is 2.96. The third kappa shape index (κ3) is 4.57. The first-order chi connectivity index (χ1) is 10.1. The molecule has 0 aromatic heterocycles. The van der Waals surface area contributed by atoms with Gasteiger partial charge in [-0.3, -0.25) is 4.79 Å². The number of benzene rings is 1. The Bertz CT molecular complexity index is 410. The summed E-state index contributed by atoms with van der Waals surface area (Å²) in [5, 5.41) is 0. The molecule has 0 aliphatic carbocycles. The molecule has 1 amide bonds. The Hall–Kier alpha value is -1.35. The van der Waals surface area contributed by atoms with Crippen LogP contribution in [0.25, 0.3) is 0 Å². The van der Waals surface area contributed by atoms with Gasteiger partial charge in [-0.1, -0.05) is 57.0 Å². The van der Waals surface area contributed by atoms with Crippen LogP contribution in [0.3, 0.4) is 0 Å². The van der Waals surface area contributed by atoms with E-state index in [0.717, 1.165) is 44.3 Å². The van der Waals surface area contributed by atoms with Crippen LogP contribution in [0.5, 0.6) is 0 Å². The second-order valence-electron chi connectivity index (χ2n) is 5.60. The lowest BCUT2D eigenvalue weighted by Gasteiger charge is -2.34. The molecule has 118 valence electrons. The molecule has 3 nitrogen and oxygen atoms in total. The van der Waals surface area contributed by atoms with Gasteiger partial charge in [0.2, 0.25) is 0 Å². The molecule has 0 saturated carbocycles. The molecule has 0 bridgehead atoms. The van der Waals surface area contributed by atoms with E-state index in [-0.39, 0.29) is 5.91 Å². The number of ether oxygens (including phenoxy) is 1. The Morgan fingerprint density at radius 1 is 1.10 bits per heavy atom. The van der Waals surface area contributed by atoms with E-state index in [2.05, 4.69) is 13.8 Å². The molecule has 0 unspecified atom stereocenters. The van der Waals surface area contributed by atoms with E-state index in [1.54, 1.807) is 7.11 Å². The predicted octanol–water partition coefficient (Wildman–Crippen LogP) is 3.98. The maximum Gasteiger partial charge on any atom is 0.259 e. The van der Waals surface area contributed by atoms with Crippen molar-refractivity contribution in [1.29, 1.82) is 0 Å². The van der Waals surface area contributed by atoms with Crippen LogP contribution in [0.1, 0.15) is 52.0 Å². The van der Waals surface area contributed by atoms with Crippen molar-refractivity contribution in [2.45, 2.75) is 52.1 Å². The van der Waals surface area contributed by atoms with Crippen LogP contribution >= 0.6 is 0 Å². The van der Waals surface area contributed by atoms with Crippen molar-refractivity contribution in [3.8, 4) is 0 Å². The topological polar surface area (TPSA) is 29.5 Å². The van der Waals surface area contributed by atoms with Crippen LogP contribution in [0, 0.1) is 0 Å². The first-order valence-corrected chi connectivity index (χ1v) is 8.00. The number of rotatable bonds is 9. The normalized spacial score (nSPS) is 13.7. The fourth-order valence-corrected chi connectivity index (χ4v) is 2.40. The summed E-state index contributed by atoms with van der Waals surface area (Å²) < 4.78 is 5.64. The summed E-state index contributed by atoms with van der Waals surface area (Å²) in [5.41, 5.74) is 0.0124. The van der Waals surface area contributed by atoms with E-state index >= 15 is 0 Å². The summed E-state index contributed by atoms with van der Waals surface area (Å²) in [6, 6.07) is 9.76. The molecule has 0 radical (unpaired) electrons. The number of hydrogen-bond acceptors (Lipinski definition) is 2. The van der Waals surface area contributed by atoms with Crippen LogP contribution in [0.2, 0.25) is 0 Å². The van der Waals surface area contributed by atoms with Gasteiger partial charge in [0.15, 0.2) is 5.60 Å². The second kappa shape index (κ2) is 8.83. The highest BCUT2D eigenvalue weighted by atomic mass is 16.5. The summed E-state index contributed by atoms with van der Waals surface area (Å²) in [6.07, 6.45) is 4.24. The van der Waals surface area contributed by atoms with Crippen LogP contribution < -0.4 is 0 Å². The van der Waals surface area contributed by atoms with E-state index < -0.39 is 5.60 Å². The minimum absolute atomic E-state index is 0.0677. The van der Waals surface area contributed by atoms with Gasteiger partial charge in [0.1, 0.15) is 0 Å². The van der Waals surface area contributed by atoms with E-state index in [1.165, 1.54) is 0 Å². The van der Waals surface area contributed by atoms with Crippen molar-refractivity contribution in [2.24, 2.45) is 0 Å². The van der Waals surface area contributed by atoms with Crippen molar-refractivity contribution in [1.82, 2.24) is 4.90 Å². The monoisotopic (exact) mass is 291 g/mol. The number of methoxy groups -OCH3 is 1. The Morgan fingerprint density at radius 2 is 1.62 bits per heavy atom. The fourth-order valence-electron chi connectivity index (χ4n) is 2.40. The summed E-state index contributed by atoms with van der Waals surface area (Å²) >= 11 is 0. The van der Waals surface area contributed by atoms with E-state index in [1.807, 2.05) is 42.2 Å². The molecule has 0 spiro atoms. The maximum absolute atomic E-state index is 13.0. The minimum Gasteiger partial charge on any atom is -0.364 e. The SMILES string of the molecule is CCCCN(CCCC)C(=O)[C@@](C)(OC)c1ccccc1. The van der Waals surface area contributed by atoms with Crippen LogP contribution in [-0.4, -0.2) is 31.0 Å². The molecular formula is C18H29NO2. The molecule has 1 aromatic carbocycles. The predicted molar refractivity (Wildman–Crippen MR) is 87.2 cm³/mol. The lowest BCUT2D eigenvalue weighted by molar-refractivity contribution is -0.154. The maximum atomic E-state index is 13.0. The van der Waals surface area contributed by atoms with Crippen LogP contribution in [0.15, 0.2) is 30.3 Å². The summed E-state index contributed by atoms with van der Waals surface area (Å²) in [7, 11) is 1.61. The Labute approximate surface area is 129 Å². The number of amides is 1. The molecule has 21 heavy (non-hydrogen) atoms. The number of nitrogens with zero attached hydrogens (tertiary/aromatic N) is 1. The van der Waals surface area contributed by atoms with Gasteiger partial charge >= 0.3 is 0 Å². The van der Waals surface area contributed by atoms with Gasteiger partial charge in [0.25, 0.3) is 5.91 Å². The first kappa shape index (κ1) is 17.7. The van der Waals surface area contributed by atoms with Gasteiger partial charge in [-0.05, 0) is 25.3 Å². The number of unbranched alkanes of at least 4 members (excludes halogenated alkanes) is 2. The molecule has 0 fully saturated rings. The first-order valence-electron chi connectivity index (χ1n) is 8.00. The van der Waals surface area contributed by atoms with Gasteiger partial charge in [-0.25, -0.2) is 0 Å². The average molecular weight is 291 g/mol. The summed E-state index contributed by atoms with van der Waals surface area (Å²) in [5.74, 6) is 0.0677. The van der Waals surface area contributed by atoms with Crippen molar-refractivity contribution < 1.29 is 9.53 Å². The molecular weight excluding hydrogens is 262 g/mol. The van der Waals surface area contributed by atoms with E-state index in [9.17, 15) is 4.79 Å². The Morgan fingerprint density at radius 3 is 2.05 bits per heavy atom. The zero-order chi connectivity index (χ0) is 15.7. The van der Waals surface area contributed by atoms with Crippen molar-refractivity contribution in [3.05, 3.63) is 35.9 Å². The zero-order valence-electron chi connectivity index (χ0n) is 13.9. The third-order valence-electron chi connectivity index (χ3n) is 3.99. The highest BCUT2D eigenvalue weighted by molar-refractivity contribution is 5.86. The van der Waals surface area contributed by atoms with Gasteiger partial charge in [-0.15, -0.1) is 0 Å². The molecule has 3 heteroatoms. The van der Waals surface area contributed by atoms with Crippen molar-refractivity contribution in [3.63, 3.8) is 0 Å². The highest BCUT2D eigenvalue weighted by Crippen LogP contribution is 2.27. The molecule has 1 rings (SSSR count). The van der Waals surface area contributed by atoms with Crippen LogP contribution in [-0.2, 0) is 15.1 Å². The number of hydrogen-bond donors (Lipinski definition) is 0. The largest absolute Gasteiger partial charge is 0.364 e. The Kier molecular flexibility index (Phi) is 7.44. The molecule has 0 heterocycles. The van der Waals surface area contributed by atoms with Crippen molar-refractivity contribution >= 4 is 5.91 Å². The molecule has 1 atom stereocenters. The highest BCUT2D eigenvalue weighted by Gasteiger charge is 2.38. The van der Waals surface area contributed by atoms with Gasteiger partial charge in [0.05, 0.1) is 0 Å². The number of carbonyl (C=O) groups excluding carboxylic acids is 1. The van der Waals surface area contributed by atoms with Crippen LogP contribution in [0.4, 0.5) is 0 Å². The average Bonchev–Trinajstić information content (AvgIpc) is 2.54. The lowest BCUT2D eigenvalue weighted by atomic mass is 9.93. The van der Waals surface area contributed by atoms with E-state index in [0.29, 0.717) is 0 Å². The van der Waals surface area contributed by atoms with Gasteiger partial charge < -0.3 is 9.64 Å². The zero-order valence-corrected chi connectivity index (χ0v) is 13.9. The molecule has 0 aliphatic rings. The molecule has 1 aromatic rings. The molecule has 0 saturated heterocycles. The fraction of sp³-hybridized carbons (Fsp3) is 0.611. The summed E-state index contributed by atoms with van der Waals surface area (Å²) in [4.78, 5) is 15.0. The number of carbonyl (C=O) groups is 1. The van der Waals surface area contributed by atoms with Gasteiger partial charge in [0, 0.05) is 20.2 Å². The van der Waals surface area contributed by atoms with Crippen molar-refractivity contribution in [2.75, 3.05) is 20.2 Å². The standard InChI is InChI=1S/C18H29NO2/c1-5-7-14-19(15-8-6-2)17(20)18(3,21-4)16-12-10-9-11-13-16/h9-13H,5-8,14-15H2,1-4H3/t18-/m0/s1.